The highest BCUT2D eigenvalue weighted by molar-refractivity contribution is 9.08. The Morgan fingerprint density at radius 1 is 0.733 bits per heavy atom. The van der Waals surface area contributed by atoms with Crippen molar-refractivity contribution in [2.24, 2.45) is 14.1 Å². The standard InChI is InChI=1S/C19H15ClN4O2.C13H10BrClN4/c1-24-10-15(12-7-17-16(21-9-12)5-6-19(20)22-17)18(23-24)11-26-14-4-2-3-13(25)8-14;1-19-7-9(12(5-14)18-19)8-4-11-10(16-6-8)2-3-13(15)17-11/h2-10,25H,11H2,1H3;2-4,6-7H,5H2,1H3. The lowest BCUT2D eigenvalue weighted by atomic mass is 10.1. The summed E-state index contributed by atoms with van der Waals surface area (Å²) in [5.74, 6) is 0.733. The van der Waals surface area contributed by atoms with Crippen molar-refractivity contribution >= 4 is 61.2 Å². The molecule has 10 nitrogen and oxygen atoms in total. The van der Waals surface area contributed by atoms with E-state index in [0.717, 1.165) is 55.7 Å². The average Bonchev–Trinajstić information content (AvgIpc) is 3.61. The molecule has 13 heteroatoms. The van der Waals surface area contributed by atoms with E-state index < -0.39 is 0 Å². The molecule has 0 spiro atoms. The molecular formula is C32H25BrCl2N8O2. The van der Waals surface area contributed by atoms with Gasteiger partial charge in [0.25, 0.3) is 0 Å². The maximum atomic E-state index is 9.54. The summed E-state index contributed by atoms with van der Waals surface area (Å²) < 4.78 is 9.28. The van der Waals surface area contributed by atoms with Crippen LogP contribution in [0.5, 0.6) is 11.5 Å². The number of halogens is 3. The van der Waals surface area contributed by atoms with Gasteiger partial charge in [-0.25, -0.2) is 9.97 Å². The van der Waals surface area contributed by atoms with Gasteiger partial charge >= 0.3 is 0 Å². The van der Waals surface area contributed by atoms with Gasteiger partial charge in [0.15, 0.2) is 0 Å². The number of aromatic nitrogens is 8. The zero-order chi connectivity index (χ0) is 31.5. The molecule has 226 valence electrons. The normalized spacial score (nSPS) is 11.0. The smallest absolute Gasteiger partial charge is 0.133 e. The number of hydrogen-bond donors (Lipinski definition) is 1. The van der Waals surface area contributed by atoms with E-state index in [2.05, 4.69) is 46.1 Å². The van der Waals surface area contributed by atoms with E-state index in [9.17, 15) is 5.11 Å². The monoisotopic (exact) mass is 702 g/mol. The van der Waals surface area contributed by atoms with Crippen LogP contribution in [-0.4, -0.2) is 44.6 Å². The molecule has 1 aromatic carbocycles. The van der Waals surface area contributed by atoms with Crippen LogP contribution in [-0.2, 0) is 26.0 Å². The number of hydrogen-bond acceptors (Lipinski definition) is 8. The van der Waals surface area contributed by atoms with E-state index in [1.807, 2.05) is 57.0 Å². The summed E-state index contributed by atoms with van der Waals surface area (Å²) in [7, 11) is 3.75. The molecule has 0 saturated carbocycles. The van der Waals surface area contributed by atoms with Crippen LogP contribution < -0.4 is 4.74 Å². The number of ether oxygens (including phenoxy) is 1. The van der Waals surface area contributed by atoms with E-state index in [1.165, 1.54) is 0 Å². The maximum absolute atomic E-state index is 9.54. The molecular weight excluding hydrogens is 679 g/mol. The van der Waals surface area contributed by atoms with Crippen molar-refractivity contribution in [3.8, 4) is 33.8 Å². The number of nitrogens with zero attached hydrogens (tertiary/aromatic N) is 8. The summed E-state index contributed by atoms with van der Waals surface area (Å²) >= 11 is 15.4. The molecule has 7 rings (SSSR count). The topological polar surface area (TPSA) is 117 Å². The molecule has 0 fully saturated rings. The first-order chi connectivity index (χ1) is 21.7. The second-order valence-electron chi connectivity index (χ2n) is 10.0. The van der Waals surface area contributed by atoms with Crippen molar-refractivity contribution < 1.29 is 9.84 Å². The summed E-state index contributed by atoms with van der Waals surface area (Å²) in [5.41, 5.74) is 8.69. The van der Waals surface area contributed by atoms with Crippen molar-refractivity contribution in [1.82, 2.24) is 39.5 Å². The van der Waals surface area contributed by atoms with Crippen LogP contribution in [0.25, 0.3) is 44.3 Å². The maximum Gasteiger partial charge on any atom is 0.133 e. The first-order valence-corrected chi connectivity index (χ1v) is 15.5. The zero-order valence-corrected chi connectivity index (χ0v) is 27.2. The van der Waals surface area contributed by atoms with Gasteiger partial charge in [-0.15, -0.1) is 0 Å². The molecule has 0 bridgehead atoms. The van der Waals surface area contributed by atoms with Gasteiger partial charge in [0.1, 0.15) is 34.1 Å². The van der Waals surface area contributed by atoms with Gasteiger partial charge < -0.3 is 9.84 Å². The van der Waals surface area contributed by atoms with E-state index in [4.69, 9.17) is 27.9 Å². The third kappa shape index (κ3) is 7.06. The Labute approximate surface area is 276 Å². The van der Waals surface area contributed by atoms with Crippen molar-refractivity contribution in [2.45, 2.75) is 11.9 Å². The molecule has 0 atom stereocenters. The summed E-state index contributed by atoms with van der Waals surface area (Å²) in [6, 6.07) is 17.7. The van der Waals surface area contributed by atoms with Crippen molar-refractivity contribution in [1.29, 1.82) is 0 Å². The quantitative estimate of drug-likeness (QED) is 0.139. The largest absolute Gasteiger partial charge is 0.508 e. The Hall–Kier alpha value is -4.58. The minimum absolute atomic E-state index is 0.158. The first kappa shape index (κ1) is 30.4. The lowest BCUT2D eigenvalue weighted by molar-refractivity contribution is 0.299. The lowest BCUT2D eigenvalue weighted by Gasteiger charge is -2.07. The Morgan fingerprint density at radius 3 is 1.84 bits per heavy atom. The second-order valence-corrected chi connectivity index (χ2v) is 11.4. The van der Waals surface area contributed by atoms with Crippen molar-refractivity contribution in [3.63, 3.8) is 0 Å². The minimum atomic E-state index is 0.158. The third-order valence-electron chi connectivity index (χ3n) is 6.76. The fourth-order valence-corrected chi connectivity index (χ4v) is 5.46. The van der Waals surface area contributed by atoms with E-state index in [0.29, 0.717) is 21.4 Å². The lowest BCUT2D eigenvalue weighted by Crippen LogP contribution is -1.99. The molecule has 1 N–H and O–H groups in total. The van der Waals surface area contributed by atoms with Gasteiger partial charge in [-0.3, -0.25) is 19.3 Å². The van der Waals surface area contributed by atoms with E-state index >= 15 is 0 Å². The second kappa shape index (κ2) is 13.2. The molecule has 0 amide bonds. The summed E-state index contributed by atoms with van der Waals surface area (Å²) in [6.07, 6.45) is 7.51. The Balaban J connectivity index is 0.000000167. The van der Waals surface area contributed by atoms with E-state index in [1.54, 1.807) is 52.0 Å². The number of phenols is 1. The highest BCUT2D eigenvalue weighted by Crippen LogP contribution is 2.28. The fraction of sp³-hybridized carbons (Fsp3) is 0.125. The van der Waals surface area contributed by atoms with Gasteiger partial charge in [-0.2, -0.15) is 10.2 Å². The predicted molar refractivity (Wildman–Crippen MR) is 179 cm³/mol. The molecule has 0 aliphatic rings. The van der Waals surface area contributed by atoms with E-state index in [-0.39, 0.29) is 12.4 Å². The van der Waals surface area contributed by atoms with Crippen LogP contribution >= 0.6 is 39.1 Å². The molecule has 7 aromatic rings. The molecule has 0 aliphatic carbocycles. The van der Waals surface area contributed by atoms with Crippen molar-refractivity contribution in [3.05, 3.63) is 107 Å². The molecule has 45 heavy (non-hydrogen) atoms. The third-order valence-corrected chi connectivity index (χ3v) is 7.71. The van der Waals surface area contributed by atoms with Crippen LogP contribution in [0.3, 0.4) is 0 Å². The molecule has 6 heterocycles. The van der Waals surface area contributed by atoms with Gasteiger partial charge in [0, 0.05) is 72.5 Å². The number of pyridine rings is 4. The fourth-order valence-electron chi connectivity index (χ4n) is 4.74. The molecule has 0 radical (unpaired) electrons. The Kier molecular flexibility index (Phi) is 8.92. The van der Waals surface area contributed by atoms with Crippen LogP contribution in [0.2, 0.25) is 10.3 Å². The van der Waals surface area contributed by atoms with Gasteiger partial charge in [0.05, 0.1) is 27.8 Å². The number of fused-ring (bicyclic) bond motifs is 2. The zero-order valence-electron chi connectivity index (χ0n) is 24.1. The van der Waals surface area contributed by atoms with Gasteiger partial charge in [-0.05, 0) is 48.5 Å². The van der Waals surface area contributed by atoms with Crippen molar-refractivity contribution in [2.75, 3.05) is 0 Å². The molecule has 0 saturated heterocycles. The summed E-state index contributed by atoms with van der Waals surface area (Å²) in [5, 5.41) is 20.0. The van der Waals surface area contributed by atoms with Crippen LogP contribution in [0.15, 0.2) is 85.5 Å². The van der Waals surface area contributed by atoms with Crippen LogP contribution in [0.1, 0.15) is 11.4 Å². The average molecular weight is 704 g/mol. The molecule has 0 aliphatic heterocycles. The van der Waals surface area contributed by atoms with Gasteiger partial charge in [-0.1, -0.05) is 45.2 Å². The van der Waals surface area contributed by atoms with Crippen LogP contribution in [0.4, 0.5) is 0 Å². The highest BCUT2D eigenvalue weighted by Gasteiger charge is 2.13. The number of phenolic OH excluding ortho intramolecular Hbond substituents is 1. The summed E-state index contributed by atoms with van der Waals surface area (Å²) in [4.78, 5) is 17.5. The van der Waals surface area contributed by atoms with Crippen LogP contribution in [0, 0.1) is 0 Å². The number of aryl methyl sites for hydroxylation is 2. The predicted octanol–water partition coefficient (Wildman–Crippen LogP) is 7.55. The minimum Gasteiger partial charge on any atom is -0.508 e. The van der Waals surface area contributed by atoms with Gasteiger partial charge in [0.2, 0.25) is 0 Å². The molecule has 0 unspecified atom stereocenters. The Bertz CT molecular complexity index is 2150. The first-order valence-electron chi connectivity index (χ1n) is 13.6. The summed E-state index contributed by atoms with van der Waals surface area (Å²) in [6.45, 7) is 0.265. The molecule has 6 aromatic heterocycles. The number of aromatic hydroxyl groups is 1. The number of alkyl halides is 1. The Morgan fingerprint density at radius 2 is 1.29 bits per heavy atom. The number of benzene rings is 1. The SMILES string of the molecule is Cn1cc(-c2cnc3ccc(Cl)nc3c2)c(CBr)n1.Cn1cc(-c2cnc3ccc(Cl)nc3c2)c(COc2cccc(O)c2)n1. The number of rotatable bonds is 6. The highest BCUT2D eigenvalue weighted by atomic mass is 79.9.